The largest absolute Gasteiger partial charge is 0.478 e. The molecule has 0 bridgehead atoms. The van der Waals surface area contributed by atoms with Crippen LogP contribution in [0.2, 0.25) is 0 Å². The fourth-order valence-corrected chi connectivity index (χ4v) is 3.70. The van der Waals surface area contributed by atoms with E-state index >= 15 is 0 Å². The molecule has 0 saturated heterocycles. The van der Waals surface area contributed by atoms with E-state index < -0.39 is 11.4 Å². The minimum Gasteiger partial charge on any atom is -0.478 e. The molecule has 1 saturated carbocycles. The molecular weight excluding hydrogens is 292 g/mol. The third-order valence-electron chi connectivity index (χ3n) is 5.22. The number of carbonyl (C=O) groups excluding carboxylic acids is 2. The van der Waals surface area contributed by atoms with Crippen LogP contribution in [0.25, 0.3) is 0 Å². The van der Waals surface area contributed by atoms with Crippen molar-refractivity contribution in [2.24, 2.45) is 11.3 Å². The zero-order chi connectivity index (χ0) is 16.6. The molecule has 0 aromatic carbocycles. The molecule has 120 valence electrons. The Morgan fingerprint density at radius 3 is 2.74 bits per heavy atom. The van der Waals surface area contributed by atoms with Crippen molar-refractivity contribution in [2.75, 3.05) is 0 Å². The van der Waals surface area contributed by atoms with Crippen LogP contribution in [0.5, 0.6) is 0 Å². The van der Waals surface area contributed by atoms with Crippen LogP contribution in [0, 0.1) is 11.3 Å². The molecule has 1 N–H and O–H groups in total. The molecule has 0 aliphatic heterocycles. The molecule has 3 aliphatic carbocycles. The van der Waals surface area contributed by atoms with E-state index in [0.717, 1.165) is 24.0 Å². The van der Waals surface area contributed by atoms with Crippen LogP contribution in [0.3, 0.4) is 0 Å². The summed E-state index contributed by atoms with van der Waals surface area (Å²) >= 11 is 0. The third-order valence-corrected chi connectivity index (χ3v) is 5.22. The van der Waals surface area contributed by atoms with Gasteiger partial charge in [-0.3, -0.25) is 9.59 Å². The van der Waals surface area contributed by atoms with Gasteiger partial charge in [-0.25, -0.2) is 4.79 Å². The molecule has 0 radical (unpaired) electrons. The summed E-state index contributed by atoms with van der Waals surface area (Å²) in [5.41, 5.74) is 1.76. The Balaban J connectivity index is 1.79. The van der Waals surface area contributed by atoms with Gasteiger partial charge in [0.1, 0.15) is 5.78 Å². The maximum atomic E-state index is 12.9. The molecule has 0 aromatic heterocycles. The van der Waals surface area contributed by atoms with Crippen molar-refractivity contribution in [2.45, 2.75) is 39.0 Å². The van der Waals surface area contributed by atoms with E-state index in [1.165, 1.54) is 0 Å². The monoisotopic (exact) mass is 312 g/mol. The van der Waals surface area contributed by atoms with Gasteiger partial charge in [0.25, 0.3) is 0 Å². The molecule has 1 fully saturated rings. The third kappa shape index (κ3) is 2.85. The van der Waals surface area contributed by atoms with Crippen LogP contribution < -0.4 is 0 Å². The number of carboxylic acids is 1. The highest BCUT2D eigenvalue weighted by molar-refractivity contribution is 5.99. The first-order valence-corrected chi connectivity index (χ1v) is 8.00. The SMILES string of the molecule is CC12CCC(=O)C=C1CCC(C=C1C=CC(C(=O)O)=CC1)C2=O. The molecule has 4 heteroatoms. The quantitative estimate of drug-likeness (QED) is 0.850. The number of allylic oxidation sites excluding steroid dienone is 6. The number of Topliss-reactive ketones (excluding diaryl/α,β-unsaturated/α-hetero) is 1. The average Bonchev–Trinajstić information content (AvgIpc) is 2.53. The van der Waals surface area contributed by atoms with Crippen molar-refractivity contribution in [3.8, 4) is 0 Å². The molecule has 2 atom stereocenters. The van der Waals surface area contributed by atoms with Gasteiger partial charge in [-0.2, -0.15) is 0 Å². The van der Waals surface area contributed by atoms with Crippen LogP contribution in [0.4, 0.5) is 0 Å². The minimum absolute atomic E-state index is 0.128. The van der Waals surface area contributed by atoms with Crippen molar-refractivity contribution < 1.29 is 19.5 Å². The lowest BCUT2D eigenvalue weighted by atomic mass is 9.61. The second-order valence-corrected chi connectivity index (χ2v) is 6.72. The van der Waals surface area contributed by atoms with Gasteiger partial charge in [0.15, 0.2) is 5.78 Å². The molecule has 2 unspecified atom stereocenters. The van der Waals surface area contributed by atoms with Crippen molar-refractivity contribution in [1.82, 2.24) is 0 Å². The summed E-state index contributed by atoms with van der Waals surface area (Å²) in [4.78, 5) is 35.4. The van der Waals surface area contributed by atoms with Gasteiger partial charge in [0.2, 0.25) is 0 Å². The number of ketones is 2. The standard InChI is InChI=1S/C19H20O4/c1-19-9-8-16(20)11-15(19)7-6-14(17(19)21)10-12-2-4-13(5-3-12)18(22)23/h2,4-5,10-11,14H,3,6-9H2,1H3,(H,22,23). The fourth-order valence-electron chi connectivity index (χ4n) is 3.70. The molecule has 4 nitrogen and oxygen atoms in total. The number of carbonyl (C=O) groups is 3. The summed E-state index contributed by atoms with van der Waals surface area (Å²) < 4.78 is 0. The van der Waals surface area contributed by atoms with Gasteiger partial charge in [0, 0.05) is 17.8 Å². The van der Waals surface area contributed by atoms with E-state index in [4.69, 9.17) is 5.11 Å². The van der Waals surface area contributed by atoms with Gasteiger partial charge in [-0.05, 0) is 50.3 Å². The van der Waals surface area contributed by atoms with Crippen molar-refractivity contribution in [1.29, 1.82) is 0 Å². The van der Waals surface area contributed by atoms with Crippen molar-refractivity contribution in [3.05, 3.63) is 47.1 Å². The Morgan fingerprint density at radius 2 is 2.09 bits per heavy atom. The van der Waals surface area contributed by atoms with E-state index in [1.807, 2.05) is 13.0 Å². The topological polar surface area (TPSA) is 71.4 Å². The van der Waals surface area contributed by atoms with E-state index in [0.29, 0.717) is 24.8 Å². The van der Waals surface area contributed by atoms with Gasteiger partial charge < -0.3 is 5.11 Å². The lowest BCUT2D eigenvalue weighted by molar-refractivity contribution is -0.133. The first-order valence-electron chi connectivity index (χ1n) is 8.00. The van der Waals surface area contributed by atoms with Crippen LogP contribution >= 0.6 is 0 Å². The second-order valence-electron chi connectivity index (χ2n) is 6.72. The zero-order valence-electron chi connectivity index (χ0n) is 13.2. The van der Waals surface area contributed by atoms with E-state index in [1.54, 1.807) is 24.3 Å². The van der Waals surface area contributed by atoms with Crippen LogP contribution in [0.1, 0.15) is 39.0 Å². The summed E-state index contributed by atoms with van der Waals surface area (Å²) in [6.45, 7) is 1.96. The molecule has 0 amide bonds. The van der Waals surface area contributed by atoms with Gasteiger partial charge in [0.05, 0.1) is 5.57 Å². The molecule has 3 aliphatic rings. The summed E-state index contributed by atoms with van der Waals surface area (Å²) in [5, 5.41) is 8.95. The van der Waals surface area contributed by atoms with Gasteiger partial charge in [-0.15, -0.1) is 0 Å². The van der Waals surface area contributed by atoms with Gasteiger partial charge >= 0.3 is 5.97 Å². The normalized spacial score (nSPS) is 32.4. The predicted octanol–water partition coefficient (Wildman–Crippen LogP) is 3.16. The molecule has 0 heterocycles. The minimum atomic E-state index is -0.928. The van der Waals surface area contributed by atoms with Gasteiger partial charge in [-0.1, -0.05) is 23.8 Å². The molecule has 23 heavy (non-hydrogen) atoms. The Morgan fingerprint density at radius 1 is 1.30 bits per heavy atom. The highest BCUT2D eigenvalue weighted by Crippen LogP contribution is 2.46. The van der Waals surface area contributed by atoms with Crippen LogP contribution in [0.15, 0.2) is 47.1 Å². The molecule has 3 rings (SSSR count). The maximum Gasteiger partial charge on any atom is 0.335 e. The number of carboxylic acid groups (broad SMARTS) is 1. The van der Waals surface area contributed by atoms with E-state index in [2.05, 4.69) is 0 Å². The summed E-state index contributed by atoms with van der Waals surface area (Å²) in [5.74, 6) is -0.756. The van der Waals surface area contributed by atoms with Crippen molar-refractivity contribution >= 4 is 17.5 Å². The predicted molar refractivity (Wildman–Crippen MR) is 85.7 cm³/mol. The Kier molecular flexibility index (Phi) is 3.92. The second kappa shape index (κ2) is 5.76. The fraction of sp³-hybridized carbons (Fsp3) is 0.421. The summed E-state index contributed by atoms with van der Waals surface area (Å²) in [7, 11) is 0. The van der Waals surface area contributed by atoms with Crippen LogP contribution in [-0.2, 0) is 14.4 Å². The number of rotatable bonds is 2. The van der Waals surface area contributed by atoms with E-state index in [9.17, 15) is 14.4 Å². The number of hydrogen-bond donors (Lipinski definition) is 1. The Labute approximate surface area is 135 Å². The molecular formula is C19H20O4. The first kappa shape index (κ1) is 15.7. The Bertz CT molecular complexity index is 705. The lowest BCUT2D eigenvalue weighted by Gasteiger charge is -2.40. The zero-order valence-corrected chi connectivity index (χ0v) is 13.2. The number of hydrogen-bond acceptors (Lipinski definition) is 3. The molecule has 0 aromatic rings. The lowest BCUT2D eigenvalue weighted by Crippen LogP contribution is -2.41. The van der Waals surface area contributed by atoms with E-state index in [-0.39, 0.29) is 17.5 Å². The highest BCUT2D eigenvalue weighted by atomic mass is 16.4. The maximum absolute atomic E-state index is 12.9. The first-order chi connectivity index (χ1) is 10.9. The van der Waals surface area contributed by atoms with Crippen molar-refractivity contribution in [3.63, 3.8) is 0 Å². The highest BCUT2D eigenvalue weighted by Gasteiger charge is 2.45. The molecule has 0 spiro atoms. The average molecular weight is 312 g/mol. The number of fused-ring (bicyclic) bond motifs is 1. The summed E-state index contributed by atoms with van der Waals surface area (Å²) in [6, 6.07) is 0. The number of aliphatic carboxylic acids is 1. The summed E-state index contributed by atoms with van der Waals surface area (Å²) in [6.07, 6.45) is 11.8. The Hall–Kier alpha value is -2.23. The van der Waals surface area contributed by atoms with Crippen LogP contribution in [-0.4, -0.2) is 22.6 Å². The smallest absolute Gasteiger partial charge is 0.335 e.